The first kappa shape index (κ1) is 21.8. The molecule has 0 radical (unpaired) electrons. The molecule has 3 aromatic heterocycles. The van der Waals surface area contributed by atoms with Crippen LogP contribution in [0.1, 0.15) is 10.4 Å². The number of benzene rings is 1. The van der Waals surface area contributed by atoms with E-state index in [0.29, 0.717) is 48.2 Å². The number of pyridine rings is 2. The van der Waals surface area contributed by atoms with E-state index in [4.69, 9.17) is 11.6 Å². The van der Waals surface area contributed by atoms with Crippen molar-refractivity contribution in [2.24, 2.45) is 0 Å². The second-order valence-corrected chi connectivity index (χ2v) is 8.36. The number of nitrogens with one attached hydrogen (secondary N) is 1. The third-order valence-electron chi connectivity index (χ3n) is 5.76. The lowest BCUT2D eigenvalue weighted by molar-refractivity contribution is -0.132. The molecule has 0 unspecified atom stereocenters. The Hall–Kier alpha value is -3.98. The van der Waals surface area contributed by atoms with Gasteiger partial charge in [0.2, 0.25) is 5.91 Å². The fourth-order valence-electron chi connectivity index (χ4n) is 4.01. The summed E-state index contributed by atoms with van der Waals surface area (Å²) in [6.45, 7) is 2.58. The number of piperazine rings is 1. The maximum Gasteiger partial charge on any atom is 0.256 e. The number of rotatable bonds is 5. The van der Waals surface area contributed by atoms with E-state index in [0.717, 1.165) is 11.2 Å². The molecule has 1 N–H and O–H groups in total. The number of aromatic nitrogens is 4. The highest BCUT2D eigenvalue weighted by molar-refractivity contribution is 6.31. The van der Waals surface area contributed by atoms with Crippen molar-refractivity contribution in [3.8, 4) is 0 Å². The number of anilines is 2. The first-order chi connectivity index (χ1) is 16.6. The average Bonchev–Trinajstić information content (AvgIpc) is 3.27. The number of imidazole rings is 1. The Morgan fingerprint density at radius 1 is 0.941 bits per heavy atom. The molecule has 0 spiro atoms. The molecular formula is C24H22ClN7O2. The van der Waals surface area contributed by atoms with Crippen molar-refractivity contribution in [2.75, 3.05) is 36.4 Å². The van der Waals surface area contributed by atoms with Crippen molar-refractivity contribution in [1.29, 1.82) is 0 Å². The fourth-order valence-corrected chi connectivity index (χ4v) is 4.20. The van der Waals surface area contributed by atoms with Gasteiger partial charge in [0.05, 0.1) is 12.0 Å². The number of amides is 2. The largest absolute Gasteiger partial charge is 0.365 e. The minimum atomic E-state index is -0.280. The summed E-state index contributed by atoms with van der Waals surface area (Å²) in [5.74, 6) is 0.214. The van der Waals surface area contributed by atoms with Crippen LogP contribution in [0.25, 0.3) is 11.2 Å². The SMILES string of the molecule is O=C(Nc1ncccc1N1CCN(C(=O)Cn2cnc3cccnc32)CC1)c1cccc(Cl)c1. The number of carbonyl (C=O) groups excluding carboxylic acids is 2. The van der Waals surface area contributed by atoms with Crippen LogP contribution in [0.3, 0.4) is 0 Å². The molecule has 1 aromatic carbocycles. The van der Waals surface area contributed by atoms with Crippen LogP contribution in [0.15, 0.2) is 67.3 Å². The van der Waals surface area contributed by atoms with Gasteiger partial charge in [-0.2, -0.15) is 0 Å². The number of fused-ring (bicyclic) bond motifs is 1. The molecule has 172 valence electrons. The molecule has 4 heterocycles. The Morgan fingerprint density at radius 3 is 2.56 bits per heavy atom. The predicted octanol–water partition coefficient (Wildman–Crippen LogP) is 3.08. The van der Waals surface area contributed by atoms with Crippen LogP contribution in [0, 0.1) is 0 Å². The highest BCUT2D eigenvalue weighted by Crippen LogP contribution is 2.25. The van der Waals surface area contributed by atoms with Crippen molar-refractivity contribution in [2.45, 2.75) is 6.54 Å². The zero-order valence-corrected chi connectivity index (χ0v) is 19.0. The molecule has 0 saturated carbocycles. The van der Waals surface area contributed by atoms with Crippen LogP contribution in [0.2, 0.25) is 5.02 Å². The second kappa shape index (κ2) is 9.48. The molecule has 10 heteroatoms. The first-order valence-corrected chi connectivity index (χ1v) is 11.3. The Labute approximate surface area is 201 Å². The molecule has 1 aliphatic rings. The smallest absolute Gasteiger partial charge is 0.256 e. The van der Waals surface area contributed by atoms with Crippen molar-refractivity contribution in [3.05, 3.63) is 77.8 Å². The average molecular weight is 476 g/mol. The van der Waals surface area contributed by atoms with Gasteiger partial charge in [0.1, 0.15) is 12.1 Å². The first-order valence-electron chi connectivity index (χ1n) is 10.9. The maximum absolute atomic E-state index is 12.9. The maximum atomic E-state index is 12.9. The predicted molar refractivity (Wildman–Crippen MR) is 130 cm³/mol. The molecule has 9 nitrogen and oxygen atoms in total. The van der Waals surface area contributed by atoms with Gasteiger partial charge in [-0.05, 0) is 42.5 Å². The molecule has 2 amide bonds. The summed E-state index contributed by atoms with van der Waals surface area (Å²) in [7, 11) is 0. The summed E-state index contributed by atoms with van der Waals surface area (Å²) < 4.78 is 1.77. The molecule has 0 aliphatic carbocycles. The van der Waals surface area contributed by atoms with Gasteiger partial charge in [0, 0.05) is 49.2 Å². The van der Waals surface area contributed by atoms with Gasteiger partial charge in [-0.15, -0.1) is 0 Å². The molecular weight excluding hydrogens is 454 g/mol. The van der Waals surface area contributed by atoms with Crippen molar-refractivity contribution < 1.29 is 9.59 Å². The molecule has 1 saturated heterocycles. The molecule has 0 bridgehead atoms. The summed E-state index contributed by atoms with van der Waals surface area (Å²) in [5, 5.41) is 3.38. The lowest BCUT2D eigenvalue weighted by atomic mass is 10.2. The number of carbonyl (C=O) groups is 2. The van der Waals surface area contributed by atoms with Crippen LogP contribution < -0.4 is 10.2 Å². The van der Waals surface area contributed by atoms with Crippen LogP contribution in [0.5, 0.6) is 0 Å². The molecule has 5 rings (SSSR count). The minimum absolute atomic E-state index is 0.0188. The Balaban J connectivity index is 1.23. The Morgan fingerprint density at radius 2 is 1.74 bits per heavy atom. The summed E-state index contributed by atoms with van der Waals surface area (Å²) in [6, 6.07) is 14.2. The topological polar surface area (TPSA) is 96.2 Å². The molecule has 34 heavy (non-hydrogen) atoms. The molecule has 0 atom stereocenters. The highest BCUT2D eigenvalue weighted by atomic mass is 35.5. The second-order valence-electron chi connectivity index (χ2n) is 7.92. The zero-order valence-electron chi connectivity index (χ0n) is 18.3. The molecule has 1 fully saturated rings. The van der Waals surface area contributed by atoms with Crippen LogP contribution in [0.4, 0.5) is 11.5 Å². The number of nitrogens with zero attached hydrogens (tertiary/aromatic N) is 6. The number of hydrogen-bond acceptors (Lipinski definition) is 6. The van der Waals surface area contributed by atoms with Crippen LogP contribution in [-0.2, 0) is 11.3 Å². The Bertz CT molecular complexity index is 1350. The number of halogens is 1. The van der Waals surface area contributed by atoms with E-state index in [2.05, 4.69) is 25.2 Å². The van der Waals surface area contributed by atoms with Crippen LogP contribution >= 0.6 is 11.6 Å². The summed E-state index contributed by atoms with van der Waals surface area (Å²) in [6.07, 6.45) is 4.98. The lowest BCUT2D eigenvalue weighted by Gasteiger charge is -2.36. The summed E-state index contributed by atoms with van der Waals surface area (Å²) in [5.41, 5.74) is 2.74. The fraction of sp³-hybridized carbons (Fsp3) is 0.208. The molecule has 1 aliphatic heterocycles. The third-order valence-corrected chi connectivity index (χ3v) is 5.99. The van der Waals surface area contributed by atoms with E-state index in [1.165, 1.54) is 0 Å². The van der Waals surface area contributed by atoms with Gasteiger partial charge >= 0.3 is 0 Å². The highest BCUT2D eigenvalue weighted by Gasteiger charge is 2.24. The van der Waals surface area contributed by atoms with Gasteiger partial charge in [-0.3, -0.25) is 9.59 Å². The summed E-state index contributed by atoms with van der Waals surface area (Å²) in [4.78, 5) is 42.6. The molecule has 4 aromatic rings. The van der Waals surface area contributed by atoms with E-state index < -0.39 is 0 Å². The zero-order chi connectivity index (χ0) is 23.5. The van der Waals surface area contributed by atoms with E-state index in [9.17, 15) is 9.59 Å². The van der Waals surface area contributed by atoms with E-state index >= 15 is 0 Å². The van der Waals surface area contributed by atoms with Gasteiger partial charge in [-0.25, -0.2) is 15.0 Å². The quantitative estimate of drug-likeness (QED) is 0.476. The monoisotopic (exact) mass is 475 g/mol. The van der Waals surface area contributed by atoms with Crippen molar-refractivity contribution in [3.63, 3.8) is 0 Å². The Kier molecular flexibility index (Phi) is 6.09. The standard InChI is InChI=1S/C24H22ClN7O2/c25-18-5-1-4-17(14-18)24(34)29-22-20(7-3-8-26-22)30-10-12-31(13-11-30)21(33)15-32-16-28-19-6-2-9-27-23(19)32/h1-9,14,16H,10-13,15H2,(H,26,29,34). The third kappa shape index (κ3) is 4.55. The van der Waals surface area contributed by atoms with Gasteiger partial charge in [0.25, 0.3) is 5.91 Å². The lowest BCUT2D eigenvalue weighted by Crippen LogP contribution is -2.49. The van der Waals surface area contributed by atoms with Gasteiger partial charge < -0.3 is 19.7 Å². The summed E-state index contributed by atoms with van der Waals surface area (Å²) >= 11 is 6.01. The van der Waals surface area contributed by atoms with Gasteiger partial charge in [0.15, 0.2) is 11.5 Å². The van der Waals surface area contributed by atoms with E-state index in [-0.39, 0.29) is 18.4 Å². The van der Waals surface area contributed by atoms with E-state index in [1.807, 2.05) is 29.2 Å². The van der Waals surface area contributed by atoms with E-state index in [1.54, 1.807) is 47.6 Å². The van der Waals surface area contributed by atoms with Gasteiger partial charge in [-0.1, -0.05) is 17.7 Å². The van der Waals surface area contributed by atoms with Crippen molar-refractivity contribution >= 4 is 46.1 Å². The normalized spacial score (nSPS) is 13.8. The van der Waals surface area contributed by atoms with Crippen molar-refractivity contribution in [1.82, 2.24) is 24.4 Å². The number of hydrogen-bond donors (Lipinski definition) is 1. The minimum Gasteiger partial charge on any atom is -0.365 e. The van der Waals surface area contributed by atoms with Crippen LogP contribution in [-0.4, -0.2) is 62.4 Å².